The summed E-state index contributed by atoms with van der Waals surface area (Å²) >= 11 is 0. The zero-order valence-electron chi connectivity index (χ0n) is 9.14. The number of fused-ring (bicyclic) bond motifs is 1. The summed E-state index contributed by atoms with van der Waals surface area (Å²) in [7, 11) is 0. The molecule has 1 N–H and O–H groups in total. The van der Waals surface area contributed by atoms with Gasteiger partial charge in [0.15, 0.2) is 0 Å². The SMILES string of the molecule is O=C1CC(c2ccc3ccccc3c2)C(=O)N1. The highest BCUT2D eigenvalue weighted by molar-refractivity contribution is 6.06. The number of hydrogen-bond donors (Lipinski definition) is 1. The summed E-state index contributed by atoms with van der Waals surface area (Å²) in [6.45, 7) is 0. The molecule has 3 nitrogen and oxygen atoms in total. The Morgan fingerprint density at radius 3 is 2.47 bits per heavy atom. The number of amides is 2. The molecule has 84 valence electrons. The fourth-order valence-corrected chi connectivity index (χ4v) is 2.25. The number of rotatable bonds is 1. The van der Waals surface area contributed by atoms with Gasteiger partial charge in [0.25, 0.3) is 0 Å². The highest BCUT2D eigenvalue weighted by atomic mass is 16.2. The Morgan fingerprint density at radius 1 is 1.00 bits per heavy atom. The number of carbonyl (C=O) groups excluding carboxylic acids is 2. The predicted octanol–water partition coefficient (Wildman–Crippen LogP) is 1.97. The van der Waals surface area contributed by atoms with Crippen LogP contribution in [0.4, 0.5) is 0 Å². The lowest BCUT2D eigenvalue weighted by atomic mass is 9.95. The molecule has 1 fully saturated rings. The van der Waals surface area contributed by atoms with Gasteiger partial charge in [-0.1, -0.05) is 42.5 Å². The topological polar surface area (TPSA) is 46.2 Å². The number of nitrogens with one attached hydrogen (secondary N) is 1. The molecule has 0 bridgehead atoms. The molecule has 1 saturated heterocycles. The second-order valence-corrected chi connectivity index (χ2v) is 4.28. The van der Waals surface area contributed by atoms with E-state index in [1.54, 1.807) is 0 Å². The molecule has 3 heteroatoms. The Labute approximate surface area is 98.4 Å². The van der Waals surface area contributed by atoms with Crippen LogP contribution in [-0.4, -0.2) is 11.8 Å². The average Bonchev–Trinajstić information content (AvgIpc) is 2.68. The first-order valence-electron chi connectivity index (χ1n) is 5.56. The summed E-state index contributed by atoms with van der Waals surface area (Å²) in [6.07, 6.45) is 0.261. The van der Waals surface area contributed by atoms with E-state index in [0.717, 1.165) is 16.3 Å². The van der Waals surface area contributed by atoms with Crippen molar-refractivity contribution in [2.24, 2.45) is 0 Å². The van der Waals surface area contributed by atoms with Gasteiger partial charge in [0, 0.05) is 6.42 Å². The third-order valence-corrected chi connectivity index (χ3v) is 3.14. The Morgan fingerprint density at radius 2 is 1.76 bits per heavy atom. The largest absolute Gasteiger partial charge is 0.296 e. The number of carbonyl (C=O) groups is 2. The van der Waals surface area contributed by atoms with Crippen LogP contribution in [0.3, 0.4) is 0 Å². The van der Waals surface area contributed by atoms with Gasteiger partial charge in [-0.05, 0) is 16.3 Å². The van der Waals surface area contributed by atoms with Gasteiger partial charge >= 0.3 is 0 Å². The van der Waals surface area contributed by atoms with Crippen LogP contribution in [0.2, 0.25) is 0 Å². The van der Waals surface area contributed by atoms with Crippen LogP contribution in [0.25, 0.3) is 10.8 Å². The molecular formula is C14H11NO2. The molecule has 1 atom stereocenters. The lowest BCUT2D eigenvalue weighted by Crippen LogP contribution is -2.21. The molecule has 0 radical (unpaired) electrons. The normalized spacial score (nSPS) is 19.6. The summed E-state index contributed by atoms with van der Waals surface area (Å²) in [5, 5.41) is 4.57. The van der Waals surface area contributed by atoms with E-state index in [1.165, 1.54) is 0 Å². The minimum atomic E-state index is -0.327. The van der Waals surface area contributed by atoms with E-state index >= 15 is 0 Å². The van der Waals surface area contributed by atoms with E-state index in [-0.39, 0.29) is 24.2 Å². The molecule has 0 aliphatic carbocycles. The maximum Gasteiger partial charge on any atom is 0.234 e. The smallest absolute Gasteiger partial charge is 0.234 e. The molecular weight excluding hydrogens is 214 g/mol. The molecule has 0 saturated carbocycles. The standard InChI is InChI=1S/C14H11NO2/c16-13-8-12(14(17)15-13)11-6-5-9-3-1-2-4-10(9)7-11/h1-7,12H,8H2,(H,15,16,17). The quantitative estimate of drug-likeness (QED) is 0.754. The second kappa shape index (κ2) is 3.70. The van der Waals surface area contributed by atoms with Gasteiger partial charge < -0.3 is 0 Å². The molecule has 0 spiro atoms. The first kappa shape index (κ1) is 10.0. The minimum Gasteiger partial charge on any atom is -0.296 e. The first-order chi connectivity index (χ1) is 8.24. The van der Waals surface area contributed by atoms with E-state index in [0.29, 0.717) is 0 Å². The van der Waals surface area contributed by atoms with Gasteiger partial charge in [0.1, 0.15) is 0 Å². The van der Waals surface area contributed by atoms with Crippen LogP contribution in [0.5, 0.6) is 0 Å². The zero-order chi connectivity index (χ0) is 11.8. The van der Waals surface area contributed by atoms with E-state index in [2.05, 4.69) is 5.32 Å². The summed E-state index contributed by atoms with van der Waals surface area (Å²) in [5.74, 6) is -0.703. The van der Waals surface area contributed by atoms with Gasteiger partial charge in [-0.3, -0.25) is 14.9 Å². The molecule has 1 aliphatic rings. The maximum absolute atomic E-state index is 11.6. The molecule has 2 aromatic rings. The van der Waals surface area contributed by atoms with Crippen LogP contribution < -0.4 is 5.32 Å². The van der Waals surface area contributed by atoms with E-state index in [1.807, 2.05) is 42.5 Å². The maximum atomic E-state index is 11.6. The van der Waals surface area contributed by atoms with Gasteiger partial charge in [0.2, 0.25) is 11.8 Å². The van der Waals surface area contributed by atoms with Gasteiger partial charge in [-0.25, -0.2) is 0 Å². The lowest BCUT2D eigenvalue weighted by molar-refractivity contribution is -0.125. The minimum absolute atomic E-state index is 0.187. The summed E-state index contributed by atoms with van der Waals surface area (Å²) in [5.41, 5.74) is 0.909. The van der Waals surface area contributed by atoms with E-state index < -0.39 is 0 Å². The lowest BCUT2D eigenvalue weighted by Gasteiger charge is -2.07. The molecule has 1 aliphatic heterocycles. The molecule has 3 rings (SSSR count). The summed E-state index contributed by atoms with van der Waals surface area (Å²) in [6, 6.07) is 13.9. The third-order valence-electron chi connectivity index (χ3n) is 3.14. The fourth-order valence-electron chi connectivity index (χ4n) is 2.25. The number of hydrogen-bond acceptors (Lipinski definition) is 2. The van der Waals surface area contributed by atoms with Crippen molar-refractivity contribution in [2.75, 3.05) is 0 Å². The predicted molar refractivity (Wildman–Crippen MR) is 64.5 cm³/mol. The summed E-state index contributed by atoms with van der Waals surface area (Å²) < 4.78 is 0. The average molecular weight is 225 g/mol. The Hall–Kier alpha value is -2.16. The monoisotopic (exact) mass is 225 g/mol. The molecule has 1 heterocycles. The van der Waals surface area contributed by atoms with Crippen molar-refractivity contribution in [3.05, 3.63) is 48.0 Å². The fraction of sp³-hybridized carbons (Fsp3) is 0.143. The van der Waals surface area contributed by atoms with E-state index in [4.69, 9.17) is 0 Å². The van der Waals surface area contributed by atoms with Crippen molar-refractivity contribution in [1.82, 2.24) is 5.32 Å². The van der Waals surface area contributed by atoms with Crippen molar-refractivity contribution >= 4 is 22.6 Å². The molecule has 1 unspecified atom stereocenters. The molecule has 2 amide bonds. The number of imide groups is 1. The number of benzene rings is 2. The molecule has 17 heavy (non-hydrogen) atoms. The van der Waals surface area contributed by atoms with Crippen LogP contribution in [0.15, 0.2) is 42.5 Å². The van der Waals surface area contributed by atoms with Crippen molar-refractivity contribution in [1.29, 1.82) is 0 Å². The van der Waals surface area contributed by atoms with Crippen LogP contribution in [0, 0.1) is 0 Å². The highest BCUT2D eigenvalue weighted by Gasteiger charge is 2.31. The second-order valence-electron chi connectivity index (χ2n) is 4.28. The van der Waals surface area contributed by atoms with Crippen molar-refractivity contribution < 1.29 is 9.59 Å². The van der Waals surface area contributed by atoms with Crippen LogP contribution in [-0.2, 0) is 9.59 Å². The third kappa shape index (κ3) is 1.69. The van der Waals surface area contributed by atoms with Gasteiger partial charge in [0.05, 0.1) is 5.92 Å². The Kier molecular flexibility index (Phi) is 2.18. The highest BCUT2D eigenvalue weighted by Crippen LogP contribution is 2.27. The summed E-state index contributed by atoms with van der Waals surface area (Å²) in [4.78, 5) is 22.8. The van der Waals surface area contributed by atoms with Crippen LogP contribution in [0.1, 0.15) is 17.9 Å². The zero-order valence-corrected chi connectivity index (χ0v) is 9.14. The Bertz CT molecular complexity index is 618. The molecule has 2 aromatic carbocycles. The van der Waals surface area contributed by atoms with Gasteiger partial charge in [-0.15, -0.1) is 0 Å². The van der Waals surface area contributed by atoms with Crippen molar-refractivity contribution in [3.8, 4) is 0 Å². The molecule has 0 aromatic heterocycles. The van der Waals surface area contributed by atoms with E-state index in [9.17, 15) is 9.59 Å². The van der Waals surface area contributed by atoms with Crippen molar-refractivity contribution in [3.63, 3.8) is 0 Å². The van der Waals surface area contributed by atoms with Gasteiger partial charge in [-0.2, -0.15) is 0 Å². The van der Waals surface area contributed by atoms with Crippen molar-refractivity contribution in [2.45, 2.75) is 12.3 Å². The Balaban J connectivity index is 2.06. The van der Waals surface area contributed by atoms with Crippen LogP contribution >= 0.6 is 0 Å². The first-order valence-corrected chi connectivity index (χ1v) is 5.56.